The van der Waals surface area contributed by atoms with Crippen LogP contribution in [0.15, 0.2) is 48.5 Å². The molecule has 4 N–H and O–H groups in total. The number of aryl methyl sites for hydroxylation is 1. The van der Waals surface area contributed by atoms with Gasteiger partial charge in [0.1, 0.15) is 11.5 Å². The molecule has 0 spiro atoms. The van der Waals surface area contributed by atoms with Gasteiger partial charge in [0.15, 0.2) is 0 Å². The molecule has 8 heteroatoms. The van der Waals surface area contributed by atoms with Crippen LogP contribution in [0.25, 0.3) is 0 Å². The lowest BCUT2D eigenvalue weighted by Gasteiger charge is -2.24. The van der Waals surface area contributed by atoms with Crippen molar-refractivity contribution in [3.8, 4) is 11.5 Å². The van der Waals surface area contributed by atoms with Crippen molar-refractivity contribution in [1.82, 2.24) is 0 Å². The first kappa shape index (κ1) is 22.8. The maximum atomic E-state index is 10.9. The monoisotopic (exact) mass is 435 g/mol. The summed E-state index contributed by atoms with van der Waals surface area (Å²) in [5.41, 5.74) is 7.94. The Morgan fingerprint density at radius 1 is 1.17 bits per heavy atom. The van der Waals surface area contributed by atoms with Crippen LogP contribution in [0.2, 0.25) is 0 Å². The molecule has 0 radical (unpaired) electrons. The fourth-order valence-electron chi connectivity index (χ4n) is 3.92. The number of ether oxygens (including phenoxy) is 2. The first-order valence-corrected chi connectivity index (χ1v) is 11.6. The van der Waals surface area contributed by atoms with Crippen molar-refractivity contribution in [2.24, 2.45) is 5.73 Å². The summed E-state index contributed by atoms with van der Waals surface area (Å²) in [6.07, 6.45) is 4.00. The number of hydrogen-bond donors (Lipinski definition) is 3. The minimum Gasteiger partial charge on any atom is -0.497 e. The van der Waals surface area contributed by atoms with Crippen LogP contribution in [-0.4, -0.2) is 35.6 Å². The van der Waals surface area contributed by atoms with Gasteiger partial charge in [-0.3, -0.25) is 4.52 Å². The fourth-order valence-corrected chi connectivity index (χ4v) is 4.34. The molecule has 0 aliphatic heterocycles. The zero-order valence-corrected chi connectivity index (χ0v) is 18.1. The second kappa shape index (κ2) is 9.94. The van der Waals surface area contributed by atoms with Gasteiger partial charge in [0.05, 0.1) is 20.3 Å². The third-order valence-electron chi connectivity index (χ3n) is 5.53. The van der Waals surface area contributed by atoms with Gasteiger partial charge in [-0.2, -0.15) is 0 Å². The molecule has 0 amide bonds. The van der Waals surface area contributed by atoms with E-state index in [9.17, 15) is 4.57 Å². The SMILES string of the molecule is COc1cccc(CCCOc2ccc([C@@H]3CC[C@@](N)(COP(=O)(O)O)C3)cc2)c1. The quantitative estimate of drug-likeness (QED) is 0.385. The first-order chi connectivity index (χ1) is 14.3. The van der Waals surface area contributed by atoms with Crippen molar-refractivity contribution in [2.75, 3.05) is 20.3 Å². The van der Waals surface area contributed by atoms with E-state index in [1.807, 2.05) is 42.5 Å². The highest BCUT2D eigenvalue weighted by Gasteiger charge is 2.38. The lowest BCUT2D eigenvalue weighted by atomic mass is 9.94. The number of rotatable bonds is 10. The summed E-state index contributed by atoms with van der Waals surface area (Å²) in [6.45, 7) is 0.494. The average Bonchev–Trinajstić information content (AvgIpc) is 3.13. The van der Waals surface area contributed by atoms with Gasteiger partial charge < -0.3 is 25.0 Å². The van der Waals surface area contributed by atoms with E-state index in [1.165, 1.54) is 5.56 Å². The van der Waals surface area contributed by atoms with Crippen LogP contribution in [0.3, 0.4) is 0 Å². The zero-order valence-electron chi connectivity index (χ0n) is 17.2. The lowest BCUT2D eigenvalue weighted by Crippen LogP contribution is -2.41. The Morgan fingerprint density at radius 2 is 1.93 bits per heavy atom. The van der Waals surface area contributed by atoms with Gasteiger partial charge in [0.25, 0.3) is 0 Å². The van der Waals surface area contributed by atoms with E-state index in [0.29, 0.717) is 19.4 Å². The van der Waals surface area contributed by atoms with Crippen molar-refractivity contribution in [3.05, 3.63) is 59.7 Å². The molecule has 0 aromatic heterocycles. The number of nitrogens with two attached hydrogens (primary N) is 1. The molecule has 164 valence electrons. The van der Waals surface area contributed by atoms with Crippen molar-refractivity contribution < 1.29 is 28.3 Å². The summed E-state index contributed by atoms with van der Waals surface area (Å²) < 4.78 is 26.7. The fraction of sp³-hybridized carbons (Fsp3) is 0.455. The third-order valence-corrected chi connectivity index (χ3v) is 5.99. The highest BCUT2D eigenvalue weighted by atomic mass is 31.2. The molecule has 1 saturated carbocycles. The molecular weight excluding hydrogens is 405 g/mol. The van der Waals surface area contributed by atoms with Crippen LogP contribution in [0.1, 0.15) is 42.7 Å². The van der Waals surface area contributed by atoms with Gasteiger partial charge in [-0.1, -0.05) is 24.3 Å². The van der Waals surface area contributed by atoms with Crippen LogP contribution in [0.4, 0.5) is 0 Å². The van der Waals surface area contributed by atoms with E-state index in [4.69, 9.17) is 25.0 Å². The van der Waals surface area contributed by atoms with Crippen LogP contribution < -0.4 is 15.2 Å². The Kier molecular flexibility index (Phi) is 7.55. The van der Waals surface area contributed by atoms with Crippen LogP contribution in [0, 0.1) is 0 Å². The highest BCUT2D eigenvalue weighted by molar-refractivity contribution is 7.46. The van der Waals surface area contributed by atoms with Gasteiger partial charge in [-0.15, -0.1) is 0 Å². The molecule has 1 aliphatic carbocycles. The van der Waals surface area contributed by atoms with Crippen molar-refractivity contribution >= 4 is 7.82 Å². The van der Waals surface area contributed by atoms with Gasteiger partial charge in [0, 0.05) is 5.54 Å². The van der Waals surface area contributed by atoms with Crippen LogP contribution >= 0.6 is 7.82 Å². The molecule has 3 rings (SSSR count). The van der Waals surface area contributed by atoms with E-state index < -0.39 is 13.4 Å². The zero-order chi connectivity index (χ0) is 21.6. The van der Waals surface area contributed by atoms with Gasteiger partial charge in [-0.05, 0) is 73.4 Å². The van der Waals surface area contributed by atoms with Crippen LogP contribution in [-0.2, 0) is 15.5 Å². The topological polar surface area (TPSA) is 111 Å². The Labute approximate surface area is 177 Å². The number of benzene rings is 2. The highest BCUT2D eigenvalue weighted by Crippen LogP contribution is 2.43. The normalized spacial score (nSPS) is 21.5. The summed E-state index contributed by atoms with van der Waals surface area (Å²) in [5, 5.41) is 0. The molecule has 0 bridgehead atoms. The Morgan fingerprint density at radius 3 is 2.63 bits per heavy atom. The number of phosphoric ester groups is 1. The van der Waals surface area contributed by atoms with Crippen LogP contribution in [0.5, 0.6) is 11.5 Å². The molecule has 0 heterocycles. The van der Waals surface area contributed by atoms with Gasteiger partial charge in [0.2, 0.25) is 0 Å². The second-order valence-corrected chi connectivity index (χ2v) is 9.18. The minimum absolute atomic E-state index is 0.137. The number of hydrogen-bond acceptors (Lipinski definition) is 5. The molecule has 2 atom stereocenters. The summed E-state index contributed by atoms with van der Waals surface area (Å²) in [5.74, 6) is 1.94. The van der Waals surface area contributed by atoms with E-state index in [0.717, 1.165) is 36.3 Å². The van der Waals surface area contributed by atoms with Gasteiger partial charge >= 0.3 is 7.82 Å². The van der Waals surface area contributed by atoms with Crippen molar-refractivity contribution in [3.63, 3.8) is 0 Å². The maximum Gasteiger partial charge on any atom is 0.469 e. The predicted molar refractivity (Wildman–Crippen MR) is 115 cm³/mol. The maximum absolute atomic E-state index is 10.9. The summed E-state index contributed by atoms with van der Waals surface area (Å²) in [6, 6.07) is 16.1. The molecule has 0 saturated heterocycles. The molecule has 7 nitrogen and oxygen atoms in total. The molecular formula is C22H30NO6P. The van der Waals surface area contributed by atoms with E-state index in [-0.39, 0.29) is 12.5 Å². The van der Waals surface area contributed by atoms with Crippen molar-refractivity contribution in [2.45, 2.75) is 43.6 Å². The summed E-state index contributed by atoms with van der Waals surface area (Å²) >= 11 is 0. The molecule has 2 aromatic carbocycles. The largest absolute Gasteiger partial charge is 0.497 e. The average molecular weight is 435 g/mol. The van der Waals surface area contributed by atoms with Crippen molar-refractivity contribution in [1.29, 1.82) is 0 Å². The number of methoxy groups -OCH3 is 1. The first-order valence-electron chi connectivity index (χ1n) is 10.1. The predicted octanol–water partition coefficient (Wildman–Crippen LogP) is 3.78. The molecule has 1 fully saturated rings. The smallest absolute Gasteiger partial charge is 0.469 e. The molecule has 0 unspecified atom stereocenters. The van der Waals surface area contributed by atoms with Gasteiger partial charge in [-0.25, -0.2) is 4.57 Å². The molecule has 1 aliphatic rings. The second-order valence-electron chi connectivity index (χ2n) is 7.94. The van der Waals surface area contributed by atoms with E-state index >= 15 is 0 Å². The summed E-state index contributed by atoms with van der Waals surface area (Å²) in [4.78, 5) is 17.8. The standard InChI is InChI=1S/C22H30NO6P/c1-27-21-6-2-4-17(14-21)5-3-13-28-20-9-7-18(8-10-20)19-11-12-22(23,15-19)16-29-30(24,25)26/h2,4,6-10,14,19H,3,5,11-13,15-16,23H2,1H3,(H2,24,25,26)/t19-,22+/m1/s1. The Bertz CT molecular complexity index is 868. The minimum atomic E-state index is -4.50. The molecule has 30 heavy (non-hydrogen) atoms. The Hall–Kier alpha value is -1.89. The molecule has 2 aromatic rings. The van der Waals surface area contributed by atoms with E-state index in [1.54, 1.807) is 7.11 Å². The lowest BCUT2D eigenvalue weighted by molar-refractivity contribution is 0.153. The number of phosphoric acid groups is 1. The Balaban J connectivity index is 1.44. The third kappa shape index (κ3) is 6.83. The summed E-state index contributed by atoms with van der Waals surface area (Å²) in [7, 11) is -2.83. The van der Waals surface area contributed by atoms with E-state index in [2.05, 4.69) is 10.6 Å².